The maximum Gasteiger partial charge on any atom is 0.265 e. The minimum absolute atomic E-state index is 0.00244. The Morgan fingerprint density at radius 3 is 2.03 bits per heavy atom. The highest BCUT2D eigenvalue weighted by Crippen LogP contribution is 2.43. The third kappa shape index (κ3) is 8.03. The summed E-state index contributed by atoms with van der Waals surface area (Å²) in [6, 6.07) is 6.25. The van der Waals surface area contributed by atoms with E-state index in [4.69, 9.17) is 9.53 Å². The zero-order valence-corrected chi connectivity index (χ0v) is 22.7. The number of aryl methyl sites for hydroxylation is 1. The lowest BCUT2D eigenvalue weighted by Crippen LogP contribution is -2.53. The second-order valence-electron chi connectivity index (χ2n) is 9.47. The molecule has 0 saturated heterocycles. The highest BCUT2D eigenvalue weighted by atomic mass is 32.2. The molecule has 2 atom stereocenters. The first-order valence-electron chi connectivity index (χ1n) is 11.5. The van der Waals surface area contributed by atoms with Gasteiger partial charge >= 0.3 is 0 Å². The number of carbonyl (C=O) groups excluding carboxylic acids is 1. The van der Waals surface area contributed by atoms with Gasteiger partial charge in [-0.2, -0.15) is 0 Å². The maximum absolute atomic E-state index is 13.2. The van der Waals surface area contributed by atoms with Gasteiger partial charge in [0.15, 0.2) is 0 Å². The van der Waals surface area contributed by atoms with Crippen molar-refractivity contribution in [2.24, 2.45) is 0 Å². The molecule has 0 bridgehead atoms. The fraction of sp³-hybridized carbons (Fsp3) is 0.625. The molecule has 0 aliphatic carbocycles. The molecule has 188 valence electrons. The number of aliphatic hydroxyl groups is 2. The van der Waals surface area contributed by atoms with Crippen LogP contribution in [0.4, 0.5) is 0 Å². The number of aliphatic hydroxyl groups excluding tert-OH is 2. The molecule has 1 aromatic rings. The number of nitrogens with one attached hydrogen (secondary N) is 1. The van der Waals surface area contributed by atoms with E-state index >= 15 is 0 Å². The summed E-state index contributed by atoms with van der Waals surface area (Å²) in [7, 11) is -6.59. The van der Waals surface area contributed by atoms with Gasteiger partial charge in [0.25, 0.3) is 15.9 Å². The Balaban J connectivity index is 3.29. The first kappa shape index (κ1) is 29.5. The van der Waals surface area contributed by atoms with E-state index in [-0.39, 0.29) is 41.0 Å². The van der Waals surface area contributed by atoms with Crippen LogP contribution in [-0.2, 0) is 19.2 Å². The van der Waals surface area contributed by atoms with Crippen LogP contribution in [-0.4, -0.2) is 51.7 Å². The van der Waals surface area contributed by atoms with E-state index in [1.54, 1.807) is 18.2 Å². The van der Waals surface area contributed by atoms with E-state index in [0.717, 1.165) is 5.56 Å². The number of hydrogen-bond donors (Lipinski definition) is 3. The molecule has 1 rings (SSSR count). The van der Waals surface area contributed by atoms with E-state index in [2.05, 4.69) is 46.3 Å². The minimum atomic E-state index is -4.07. The Hall–Kier alpha value is -1.52. The third-order valence-electron chi connectivity index (χ3n) is 6.04. The molecule has 7 nitrogen and oxygen atoms in total. The van der Waals surface area contributed by atoms with Crippen LogP contribution in [0.1, 0.15) is 59.9 Å². The zero-order valence-electron chi connectivity index (χ0n) is 20.9. The lowest BCUT2D eigenvalue weighted by Gasteiger charge is -2.43. The molecule has 0 radical (unpaired) electrons. The molecule has 0 spiro atoms. The molecular weight excluding hydrogens is 458 g/mol. The van der Waals surface area contributed by atoms with Crippen LogP contribution in [0.2, 0.25) is 16.6 Å². The summed E-state index contributed by atoms with van der Waals surface area (Å²) in [5.74, 6) is -0.762. The Morgan fingerprint density at radius 1 is 1.06 bits per heavy atom. The fourth-order valence-corrected chi connectivity index (χ4v) is 10.8. The second-order valence-corrected chi connectivity index (χ2v) is 16.6. The van der Waals surface area contributed by atoms with Gasteiger partial charge < -0.3 is 14.6 Å². The Labute approximate surface area is 200 Å². The lowest BCUT2D eigenvalue weighted by molar-refractivity contribution is -0.124. The van der Waals surface area contributed by atoms with Crippen molar-refractivity contribution >= 4 is 24.2 Å². The van der Waals surface area contributed by atoms with Gasteiger partial charge in [-0.15, -0.1) is 0 Å². The first-order valence-corrected chi connectivity index (χ1v) is 15.2. The van der Waals surface area contributed by atoms with Gasteiger partial charge in [0.1, 0.15) is 6.10 Å². The average molecular weight is 500 g/mol. The third-order valence-corrected chi connectivity index (χ3v) is 13.5. The van der Waals surface area contributed by atoms with E-state index in [0.29, 0.717) is 0 Å². The minimum Gasteiger partial charge on any atom is -0.401 e. The van der Waals surface area contributed by atoms with Crippen molar-refractivity contribution in [2.75, 3.05) is 6.61 Å². The van der Waals surface area contributed by atoms with Crippen molar-refractivity contribution < 1.29 is 27.9 Å². The van der Waals surface area contributed by atoms with Crippen molar-refractivity contribution in [1.82, 2.24) is 4.72 Å². The highest BCUT2D eigenvalue weighted by Gasteiger charge is 2.47. The van der Waals surface area contributed by atoms with Crippen LogP contribution in [0, 0.1) is 6.92 Å². The van der Waals surface area contributed by atoms with E-state index in [9.17, 15) is 18.3 Å². The summed E-state index contributed by atoms with van der Waals surface area (Å²) < 4.78 is 34.4. The molecule has 1 aromatic carbocycles. The number of rotatable bonds is 13. The Bertz CT molecular complexity index is 859. The van der Waals surface area contributed by atoms with Gasteiger partial charge in [-0.05, 0) is 48.5 Å². The van der Waals surface area contributed by atoms with Gasteiger partial charge in [0.2, 0.25) is 8.32 Å². The largest absolute Gasteiger partial charge is 0.401 e. The standard InChI is InChI=1S/C24H41NO6SSi/c1-17(2)33(18(3)4,19(5)6)31-23(10-8-9-21(27)15-16-26)24(28)25-32(29,30)22-13-11-20(7)12-14-22/h8,10-14,17-19,21,23,26-27H,9,15-16H2,1-7H3,(H,25,28)/b10-8-/t21?,23-/m1/s1. The molecule has 0 heterocycles. The summed E-state index contributed by atoms with van der Waals surface area (Å²) in [6.45, 7) is 14.2. The molecule has 0 saturated carbocycles. The quantitative estimate of drug-likeness (QED) is 0.279. The molecule has 0 fully saturated rings. The molecule has 3 N–H and O–H groups in total. The van der Waals surface area contributed by atoms with Crippen LogP contribution < -0.4 is 4.72 Å². The summed E-state index contributed by atoms with van der Waals surface area (Å²) in [6.07, 6.45) is 1.70. The van der Waals surface area contributed by atoms with Gasteiger partial charge in [0.05, 0.1) is 11.0 Å². The monoisotopic (exact) mass is 499 g/mol. The molecule has 0 aliphatic heterocycles. The normalized spacial score (nSPS) is 14.9. The summed E-state index contributed by atoms with van der Waals surface area (Å²) >= 11 is 0. The van der Waals surface area contributed by atoms with Crippen LogP contribution in [0.15, 0.2) is 41.3 Å². The van der Waals surface area contributed by atoms with Gasteiger partial charge in [-0.25, -0.2) is 13.1 Å². The number of amides is 1. The topological polar surface area (TPSA) is 113 Å². The van der Waals surface area contributed by atoms with Crippen molar-refractivity contribution in [1.29, 1.82) is 0 Å². The van der Waals surface area contributed by atoms with E-state index in [1.807, 2.05) is 6.92 Å². The predicted molar refractivity (Wildman–Crippen MR) is 134 cm³/mol. The first-order chi connectivity index (χ1) is 15.3. The maximum atomic E-state index is 13.2. The number of sulfonamides is 1. The zero-order chi connectivity index (χ0) is 25.4. The van der Waals surface area contributed by atoms with Gasteiger partial charge in [-0.3, -0.25) is 4.79 Å². The molecule has 0 aliphatic rings. The predicted octanol–water partition coefficient (Wildman–Crippen LogP) is 4.05. The summed E-state index contributed by atoms with van der Waals surface area (Å²) in [4.78, 5) is 13.2. The Morgan fingerprint density at radius 2 is 1.58 bits per heavy atom. The molecule has 33 heavy (non-hydrogen) atoms. The van der Waals surface area contributed by atoms with Gasteiger partial charge in [0, 0.05) is 6.61 Å². The van der Waals surface area contributed by atoms with Crippen molar-refractivity contribution in [3.63, 3.8) is 0 Å². The molecule has 1 unspecified atom stereocenters. The number of carbonyl (C=O) groups is 1. The molecule has 1 amide bonds. The smallest absolute Gasteiger partial charge is 0.265 e. The fourth-order valence-electron chi connectivity index (χ4n) is 4.40. The SMILES string of the molecule is Cc1ccc(S(=O)(=O)NC(=O)[C@@H](/C=C\CC(O)CCO)O[Si](C(C)C)(C(C)C)C(C)C)cc1. The van der Waals surface area contributed by atoms with Crippen LogP contribution in [0.25, 0.3) is 0 Å². The second kappa shape index (κ2) is 12.8. The Kier molecular flexibility index (Phi) is 11.4. The van der Waals surface area contributed by atoms with Crippen LogP contribution in [0.3, 0.4) is 0 Å². The van der Waals surface area contributed by atoms with Crippen LogP contribution in [0.5, 0.6) is 0 Å². The summed E-state index contributed by atoms with van der Waals surface area (Å²) in [5, 5.41) is 18.9. The molecular formula is C24H41NO6SSi. The van der Waals surface area contributed by atoms with Crippen molar-refractivity contribution in [3.05, 3.63) is 42.0 Å². The average Bonchev–Trinajstić information content (AvgIpc) is 2.69. The van der Waals surface area contributed by atoms with E-state index in [1.165, 1.54) is 18.2 Å². The summed E-state index contributed by atoms with van der Waals surface area (Å²) in [5.41, 5.74) is 1.48. The number of hydrogen-bond acceptors (Lipinski definition) is 6. The number of benzene rings is 1. The molecule has 0 aromatic heterocycles. The molecule has 9 heteroatoms. The lowest BCUT2D eigenvalue weighted by atomic mass is 10.1. The van der Waals surface area contributed by atoms with Gasteiger partial charge in [-0.1, -0.05) is 71.4 Å². The van der Waals surface area contributed by atoms with Crippen molar-refractivity contribution in [3.8, 4) is 0 Å². The van der Waals surface area contributed by atoms with Crippen molar-refractivity contribution in [2.45, 2.75) is 95.0 Å². The van der Waals surface area contributed by atoms with Crippen LogP contribution >= 0.6 is 0 Å². The van der Waals surface area contributed by atoms with E-state index < -0.39 is 36.5 Å². The highest BCUT2D eigenvalue weighted by molar-refractivity contribution is 7.90.